The fourth-order valence-corrected chi connectivity index (χ4v) is 3.27. The number of carbonyl (C=O) groups excluding carboxylic acids is 1. The van der Waals surface area contributed by atoms with Crippen molar-refractivity contribution in [1.82, 2.24) is 9.80 Å². The Morgan fingerprint density at radius 2 is 2.00 bits per heavy atom. The van der Waals surface area contributed by atoms with Gasteiger partial charge in [-0.3, -0.25) is 9.69 Å². The molecule has 2 aliphatic heterocycles. The average Bonchev–Trinajstić information content (AvgIpc) is 2.62. The van der Waals surface area contributed by atoms with Crippen LogP contribution in [-0.2, 0) is 16.1 Å². The molecule has 3 rings (SSSR count). The van der Waals surface area contributed by atoms with E-state index in [0.29, 0.717) is 19.6 Å². The van der Waals surface area contributed by atoms with Crippen molar-refractivity contribution in [2.75, 3.05) is 33.3 Å². The second-order valence-electron chi connectivity index (χ2n) is 6.11. The van der Waals surface area contributed by atoms with E-state index in [-0.39, 0.29) is 36.6 Å². The first kappa shape index (κ1) is 15.4. The van der Waals surface area contributed by atoms with E-state index in [2.05, 4.69) is 0 Å². The van der Waals surface area contributed by atoms with Crippen LogP contribution in [0.4, 0.5) is 8.78 Å². The number of benzene rings is 1. The Morgan fingerprint density at radius 3 is 2.73 bits per heavy atom. The Kier molecular flexibility index (Phi) is 4.40. The summed E-state index contributed by atoms with van der Waals surface area (Å²) < 4.78 is 33.2. The number of halogens is 2. The molecular weight excluding hydrogens is 290 g/mol. The summed E-state index contributed by atoms with van der Waals surface area (Å²) >= 11 is 0. The number of fused-ring (bicyclic) bond motifs is 1. The van der Waals surface area contributed by atoms with Gasteiger partial charge < -0.3 is 9.64 Å². The summed E-state index contributed by atoms with van der Waals surface area (Å²) in [4.78, 5) is 15.4. The fourth-order valence-electron chi connectivity index (χ4n) is 3.27. The van der Waals surface area contributed by atoms with Crippen molar-refractivity contribution in [3.63, 3.8) is 0 Å². The average molecular weight is 310 g/mol. The van der Waals surface area contributed by atoms with Gasteiger partial charge in [0.15, 0.2) is 0 Å². The number of nitrogens with zero attached hydrogens (tertiary/aromatic N) is 2. The summed E-state index contributed by atoms with van der Waals surface area (Å²) in [6, 6.07) is 3.94. The van der Waals surface area contributed by atoms with Gasteiger partial charge in [-0.05, 0) is 18.6 Å². The molecule has 1 amide bonds. The van der Waals surface area contributed by atoms with Crippen molar-refractivity contribution < 1.29 is 18.3 Å². The topological polar surface area (TPSA) is 32.8 Å². The molecule has 0 unspecified atom stereocenters. The zero-order valence-corrected chi connectivity index (χ0v) is 12.6. The Balaban J connectivity index is 1.69. The second kappa shape index (κ2) is 6.30. The number of rotatable bonds is 2. The lowest BCUT2D eigenvalue weighted by molar-refractivity contribution is -0.133. The highest BCUT2D eigenvalue weighted by Crippen LogP contribution is 2.25. The molecule has 0 radical (unpaired) electrons. The molecule has 1 aromatic carbocycles. The fraction of sp³-hybridized carbons (Fsp3) is 0.562. The molecule has 0 spiro atoms. The van der Waals surface area contributed by atoms with E-state index in [0.717, 1.165) is 6.42 Å². The molecule has 120 valence electrons. The largest absolute Gasteiger partial charge is 0.368 e. The Bertz CT molecular complexity index is 547. The first-order chi connectivity index (χ1) is 10.5. The standard InChI is InChI=1S/C16H20F2N2O2/c1-19-7-11-8-20(6-5-15(11)22-10-16(19)21)9-12-13(17)3-2-4-14(12)18/h2-4,11,15H,5-10H2,1H3/t11-,15-/m0/s1. The highest BCUT2D eigenvalue weighted by Gasteiger charge is 2.35. The van der Waals surface area contributed by atoms with Crippen LogP contribution in [0.2, 0.25) is 0 Å². The van der Waals surface area contributed by atoms with Gasteiger partial charge in [0.1, 0.15) is 18.2 Å². The van der Waals surface area contributed by atoms with Gasteiger partial charge in [0.05, 0.1) is 6.10 Å². The minimum atomic E-state index is -0.508. The third-order valence-electron chi connectivity index (χ3n) is 4.55. The maximum atomic E-state index is 13.8. The van der Waals surface area contributed by atoms with Crippen LogP contribution in [0.1, 0.15) is 12.0 Å². The molecule has 6 heteroatoms. The maximum Gasteiger partial charge on any atom is 0.248 e. The molecular formula is C16H20F2N2O2. The quantitative estimate of drug-likeness (QED) is 0.832. The summed E-state index contributed by atoms with van der Waals surface area (Å²) in [7, 11) is 1.77. The number of hydrogen-bond acceptors (Lipinski definition) is 3. The van der Waals surface area contributed by atoms with Crippen LogP contribution in [-0.4, -0.2) is 55.1 Å². The highest BCUT2D eigenvalue weighted by molar-refractivity contribution is 5.77. The first-order valence-electron chi connectivity index (χ1n) is 7.55. The third-order valence-corrected chi connectivity index (χ3v) is 4.55. The first-order valence-corrected chi connectivity index (χ1v) is 7.55. The molecule has 0 saturated carbocycles. The van der Waals surface area contributed by atoms with Crippen LogP contribution in [0.15, 0.2) is 18.2 Å². The lowest BCUT2D eigenvalue weighted by atomic mass is 9.94. The molecule has 0 aliphatic carbocycles. The highest BCUT2D eigenvalue weighted by atomic mass is 19.1. The van der Waals surface area contributed by atoms with E-state index in [1.54, 1.807) is 11.9 Å². The Hall–Kier alpha value is -1.53. The summed E-state index contributed by atoms with van der Waals surface area (Å²) in [6.45, 7) is 2.39. The number of likely N-dealkylation sites (tertiary alicyclic amines) is 1. The lowest BCUT2D eigenvalue weighted by Crippen LogP contribution is -2.46. The number of amides is 1. The minimum absolute atomic E-state index is 0.0129. The maximum absolute atomic E-state index is 13.8. The van der Waals surface area contributed by atoms with Gasteiger partial charge in [-0.2, -0.15) is 0 Å². The zero-order valence-electron chi connectivity index (χ0n) is 12.6. The molecule has 4 nitrogen and oxygen atoms in total. The van der Waals surface area contributed by atoms with Crippen molar-refractivity contribution >= 4 is 5.91 Å². The number of hydrogen-bond donors (Lipinski definition) is 0. The molecule has 0 aromatic heterocycles. The predicted octanol–water partition coefficient (Wildman–Crippen LogP) is 1.64. The zero-order chi connectivity index (χ0) is 15.7. The van der Waals surface area contributed by atoms with Crippen molar-refractivity contribution in [3.8, 4) is 0 Å². The van der Waals surface area contributed by atoms with Crippen molar-refractivity contribution in [1.29, 1.82) is 0 Å². The van der Waals surface area contributed by atoms with Gasteiger partial charge in [0.25, 0.3) is 0 Å². The number of ether oxygens (including phenoxy) is 1. The van der Waals surface area contributed by atoms with Crippen LogP contribution in [0.5, 0.6) is 0 Å². The van der Waals surface area contributed by atoms with Gasteiger partial charge >= 0.3 is 0 Å². The second-order valence-corrected chi connectivity index (χ2v) is 6.11. The summed E-state index contributed by atoms with van der Waals surface area (Å²) in [5.74, 6) is -0.848. The van der Waals surface area contributed by atoms with Crippen LogP contribution >= 0.6 is 0 Å². The van der Waals surface area contributed by atoms with Gasteiger partial charge in [0, 0.05) is 44.7 Å². The molecule has 1 aromatic rings. The van der Waals surface area contributed by atoms with Crippen LogP contribution < -0.4 is 0 Å². The lowest BCUT2D eigenvalue weighted by Gasteiger charge is -2.37. The van der Waals surface area contributed by atoms with E-state index in [1.807, 2.05) is 4.90 Å². The summed E-state index contributed by atoms with van der Waals surface area (Å²) in [6.07, 6.45) is 0.831. The van der Waals surface area contributed by atoms with E-state index in [1.165, 1.54) is 18.2 Å². The van der Waals surface area contributed by atoms with Gasteiger partial charge in [0.2, 0.25) is 5.91 Å². The van der Waals surface area contributed by atoms with E-state index in [9.17, 15) is 13.6 Å². The number of likely N-dealkylation sites (N-methyl/N-ethyl adjacent to an activating group) is 1. The van der Waals surface area contributed by atoms with Crippen molar-refractivity contribution in [2.45, 2.75) is 19.1 Å². The minimum Gasteiger partial charge on any atom is -0.368 e. The van der Waals surface area contributed by atoms with Crippen LogP contribution in [0.3, 0.4) is 0 Å². The van der Waals surface area contributed by atoms with Crippen molar-refractivity contribution in [2.24, 2.45) is 5.92 Å². The monoisotopic (exact) mass is 310 g/mol. The van der Waals surface area contributed by atoms with Gasteiger partial charge in [-0.15, -0.1) is 0 Å². The molecule has 2 saturated heterocycles. The predicted molar refractivity (Wildman–Crippen MR) is 77.1 cm³/mol. The number of piperidine rings is 1. The third kappa shape index (κ3) is 3.13. The molecule has 2 atom stereocenters. The van der Waals surface area contributed by atoms with Crippen LogP contribution in [0.25, 0.3) is 0 Å². The summed E-state index contributed by atoms with van der Waals surface area (Å²) in [5, 5.41) is 0. The number of carbonyl (C=O) groups is 1. The molecule has 0 bridgehead atoms. The Morgan fingerprint density at radius 1 is 1.27 bits per heavy atom. The normalized spacial score (nSPS) is 26.7. The van der Waals surface area contributed by atoms with Crippen molar-refractivity contribution in [3.05, 3.63) is 35.4 Å². The molecule has 2 fully saturated rings. The SMILES string of the molecule is CN1C[C@H]2CN(Cc3c(F)cccc3F)CC[C@@H]2OCC1=O. The molecule has 2 heterocycles. The van der Waals surface area contributed by atoms with Gasteiger partial charge in [-0.1, -0.05) is 6.07 Å². The van der Waals surface area contributed by atoms with Gasteiger partial charge in [-0.25, -0.2) is 8.78 Å². The molecule has 2 aliphatic rings. The van der Waals surface area contributed by atoms with E-state index in [4.69, 9.17) is 4.74 Å². The molecule has 0 N–H and O–H groups in total. The van der Waals surface area contributed by atoms with E-state index >= 15 is 0 Å². The van der Waals surface area contributed by atoms with Crippen LogP contribution in [0, 0.1) is 17.6 Å². The summed E-state index contributed by atoms with van der Waals surface area (Å²) in [5.41, 5.74) is 0.111. The molecule has 22 heavy (non-hydrogen) atoms. The smallest absolute Gasteiger partial charge is 0.248 e. The van der Waals surface area contributed by atoms with E-state index < -0.39 is 11.6 Å². The Labute approximate surface area is 128 Å².